The summed E-state index contributed by atoms with van der Waals surface area (Å²) in [5, 5.41) is 0. The summed E-state index contributed by atoms with van der Waals surface area (Å²) in [5.41, 5.74) is 0. The minimum Gasteiger partial charge on any atom is -0.303 e. The molecule has 0 amide bonds. The molecule has 0 aliphatic carbocycles. The summed E-state index contributed by atoms with van der Waals surface area (Å²) in [7, 11) is 0. The van der Waals surface area contributed by atoms with Gasteiger partial charge in [0.2, 0.25) is 0 Å². The standard InChI is InChI=1S/C9H19NS/c1-9(8-11)4-7-10-5-2-3-6-10/h9,11H,2-8H2,1H3. The van der Waals surface area contributed by atoms with E-state index in [2.05, 4.69) is 24.5 Å². The molecule has 0 spiro atoms. The first-order chi connectivity index (χ1) is 5.33. The molecule has 1 aliphatic rings. The van der Waals surface area contributed by atoms with Crippen molar-refractivity contribution in [1.29, 1.82) is 0 Å². The van der Waals surface area contributed by atoms with E-state index in [9.17, 15) is 0 Å². The second-order valence-corrected chi connectivity index (χ2v) is 3.99. The Labute approximate surface area is 75.6 Å². The summed E-state index contributed by atoms with van der Waals surface area (Å²) >= 11 is 4.27. The third-order valence-electron chi connectivity index (χ3n) is 2.45. The smallest absolute Gasteiger partial charge is 0.00159 e. The molecule has 0 saturated carbocycles. The van der Waals surface area contributed by atoms with Crippen LogP contribution in [0.3, 0.4) is 0 Å². The van der Waals surface area contributed by atoms with Gasteiger partial charge in [-0.3, -0.25) is 0 Å². The Morgan fingerprint density at radius 1 is 1.36 bits per heavy atom. The molecule has 66 valence electrons. The van der Waals surface area contributed by atoms with E-state index in [4.69, 9.17) is 0 Å². The highest BCUT2D eigenvalue weighted by Gasteiger charge is 2.11. The van der Waals surface area contributed by atoms with Crippen molar-refractivity contribution < 1.29 is 0 Å². The molecule has 0 aromatic heterocycles. The average molecular weight is 173 g/mol. The molecule has 0 aromatic rings. The molecule has 1 atom stereocenters. The van der Waals surface area contributed by atoms with Crippen LogP contribution in [-0.2, 0) is 0 Å². The van der Waals surface area contributed by atoms with Gasteiger partial charge in [-0.2, -0.15) is 12.6 Å². The number of rotatable bonds is 4. The maximum atomic E-state index is 4.27. The molecule has 1 nitrogen and oxygen atoms in total. The zero-order valence-electron chi connectivity index (χ0n) is 7.42. The molecule has 2 heteroatoms. The van der Waals surface area contributed by atoms with Crippen LogP contribution in [0.1, 0.15) is 26.2 Å². The van der Waals surface area contributed by atoms with Crippen LogP contribution < -0.4 is 0 Å². The number of nitrogens with zero attached hydrogens (tertiary/aromatic N) is 1. The van der Waals surface area contributed by atoms with Crippen LogP contribution in [0.4, 0.5) is 0 Å². The first kappa shape index (κ1) is 9.40. The highest BCUT2D eigenvalue weighted by molar-refractivity contribution is 7.80. The Morgan fingerprint density at radius 3 is 2.55 bits per heavy atom. The van der Waals surface area contributed by atoms with Gasteiger partial charge in [-0.15, -0.1) is 0 Å². The van der Waals surface area contributed by atoms with Gasteiger partial charge >= 0.3 is 0 Å². The van der Waals surface area contributed by atoms with E-state index in [-0.39, 0.29) is 0 Å². The molecule has 0 radical (unpaired) electrons. The lowest BCUT2D eigenvalue weighted by molar-refractivity contribution is 0.315. The minimum atomic E-state index is 0.791. The summed E-state index contributed by atoms with van der Waals surface area (Å²) in [6.45, 7) is 6.24. The predicted octanol–water partition coefficient (Wildman–Crippen LogP) is 2.04. The second-order valence-electron chi connectivity index (χ2n) is 3.63. The lowest BCUT2D eigenvalue weighted by Gasteiger charge is -2.16. The summed E-state index contributed by atoms with van der Waals surface area (Å²) in [6.07, 6.45) is 4.15. The Hall–Kier alpha value is 0.310. The molecular weight excluding hydrogens is 154 g/mol. The molecule has 1 heterocycles. The van der Waals surface area contributed by atoms with Crippen molar-refractivity contribution >= 4 is 12.6 Å². The van der Waals surface area contributed by atoms with Crippen molar-refractivity contribution in [1.82, 2.24) is 4.90 Å². The molecule has 1 unspecified atom stereocenters. The van der Waals surface area contributed by atoms with Crippen LogP contribution in [0.25, 0.3) is 0 Å². The van der Waals surface area contributed by atoms with Gasteiger partial charge in [0.25, 0.3) is 0 Å². The average Bonchev–Trinajstić information content (AvgIpc) is 2.52. The zero-order valence-corrected chi connectivity index (χ0v) is 8.32. The number of likely N-dealkylation sites (tertiary alicyclic amines) is 1. The lowest BCUT2D eigenvalue weighted by Crippen LogP contribution is -2.22. The van der Waals surface area contributed by atoms with E-state index >= 15 is 0 Å². The second kappa shape index (κ2) is 5.04. The van der Waals surface area contributed by atoms with Crippen LogP contribution in [0.2, 0.25) is 0 Å². The first-order valence-electron chi connectivity index (χ1n) is 4.66. The fourth-order valence-corrected chi connectivity index (χ4v) is 1.68. The van der Waals surface area contributed by atoms with Gasteiger partial charge in [0.1, 0.15) is 0 Å². The molecule has 1 fully saturated rings. The van der Waals surface area contributed by atoms with E-state index in [0.717, 1.165) is 11.7 Å². The fourth-order valence-electron chi connectivity index (χ4n) is 1.50. The van der Waals surface area contributed by atoms with Crippen LogP contribution in [0, 0.1) is 5.92 Å². The predicted molar refractivity (Wildman–Crippen MR) is 53.3 cm³/mol. The minimum absolute atomic E-state index is 0.791. The monoisotopic (exact) mass is 173 g/mol. The van der Waals surface area contributed by atoms with Crippen molar-refractivity contribution in [2.45, 2.75) is 26.2 Å². The van der Waals surface area contributed by atoms with Gasteiger partial charge in [-0.05, 0) is 50.6 Å². The van der Waals surface area contributed by atoms with Gasteiger partial charge in [-0.25, -0.2) is 0 Å². The van der Waals surface area contributed by atoms with Crippen LogP contribution in [0.15, 0.2) is 0 Å². The maximum Gasteiger partial charge on any atom is -0.00159 e. The summed E-state index contributed by atoms with van der Waals surface area (Å²) < 4.78 is 0. The molecule has 1 saturated heterocycles. The van der Waals surface area contributed by atoms with Gasteiger partial charge in [-0.1, -0.05) is 6.92 Å². The first-order valence-corrected chi connectivity index (χ1v) is 5.29. The molecule has 0 aromatic carbocycles. The van der Waals surface area contributed by atoms with Crippen LogP contribution >= 0.6 is 12.6 Å². The molecule has 11 heavy (non-hydrogen) atoms. The molecule has 1 rings (SSSR count). The van der Waals surface area contributed by atoms with E-state index in [1.54, 1.807) is 0 Å². The molecule has 0 bridgehead atoms. The van der Waals surface area contributed by atoms with Crippen LogP contribution in [0.5, 0.6) is 0 Å². The van der Waals surface area contributed by atoms with E-state index < -0.39 is 0 Å². The van der Waals surface area contributed by atoms with Crippen molar-refractivity contribution in [3.05, 3.63) is 0 Å². The van der Waals surface area contributed by atoms with E-state index in [0.29, 0.717) is 0 Å². The van der Waals surface area contributed by atoms with Crippen molar-refractivity contribution in [3.8, 4) is 0 Å². The Kier molecular flexibility index (Phi) is 4.31. The van der Waals surface area contributed by atoms with Crippen LogP contribution in [-0.4, -0.2) is 30.3 Å². The lowest BCUT2D eigenvalue weighted by atomic mass is 10.1. The van der Waals surface area contributed by atoms with Crippen molar-refractivity contribution in [2.24, 2.45) is 5.92 Å². The normalized spacial score (nSPS) is 22.4. The largest absolute Gasteiger partial charge is 0.303 e. The number of hydrogen-bond donors (Lipinski definition) is 1. The SMILES string of the molecule is CC(CS)CCN1CCCC1. The highest BCUT2D eigenvalue weighted by Crippen LogP contribution is 2.11. The Balaban J connectivity index is 2.01. The molecule has 1 aliphatic heterocycles. The summed E-state index contributed by atoms with van der Waals surface area (Å²) in [5.74, 6) is 1.83. The summed E-state index contributed by atoms with van der Waals surface area (Å²) in [4.78, 5) is 2.57. The fraction of sp³-hybridized carbons (Fsp3) is 1.00. The van der Waals surface area contributed by atoms with E-state index in [1.807, 2.05) is 0 Å². The van der Waals surface area contributed by atoms with Crippen molar-refractivity contribution in [3.63, 3.8) is 0 Å². The summed E-state index contributed by atoms with van der Waals surface area (Å²) in [6, 6.07) is 0. The topological polar surface area (TPSA) is 3.24 Å². The zero-order chi connectivity index (χ0) is 8.10. The number of hydrogen-bond acceptors (Lipinski definition) is 2. The van der Waals surface area contributed by atoms with Gasteiger partial charge in [0.15, 0.2) is 0 Å². The third-order valence-corrected chi connectivity index (χ3v) is 3.07. The van der Waals surface area contributed by atoms with Gasteiger partial charge < -0.3 is 4.90 Å². The van der Waals surface area contributed by atoms with Gasteiger partial charge in [0.05, 0.1) is 0 Å². The van der Waals surface area contributed by atoms with E-state index in [1.165, 1.54) is 38.9 Å². The quantitative estimate of drug-likeness (QED) is 0.637. The Morgan fingerprint density at radius 2 is 2.00 bits per heavy atom. The highest BCUT2D eigenvalue weighted by atomic mass is 32.1. The maximum absolute atomic E-state index is 4.27. The third kappa shape index (κ3) is 3.48. The number of thiol groups is 1. The van der Waals surface area contributed by atoms with Crippen molar-refractivity contribution in [2.75, 3.05) is 25.4 Å². The Bertz CT molecular complexity index is 99.7. The van der Waals surface area contributed by atoms with Gasteiger partial charge in [0, 0.05) is 0 Å². The molecular formula is C9H19NS. The molecule has 0 N–H and O–H groups in total.